The third kappa shape index (κ3) is 3.15. The Morgan fingerprint density at radius 1 is 1.14 bits per heavy atom. The smallest absolute Gasteiger partial charge is 0.357 e. The molecule has 2 aromatic carbocycles. The van der Waals surface area contributed by atoms with Crippen LogP contribution in [0.2, 0.25) is 0 Å². The molecule has 3 aromatic rings. The van der Waals surface area contributed by atoms with E-state index < -0.39 is 5.97 Å². The maximum Gasteiger partial charge on any atom is 0.357 e. The maximum atomic E-state index is 10.8. The van der Waals surface area contributed by atoms with Gasteiger partial charge < -0.3 is 14.3 Å². The van der Waals surface area contributed by atoms with Crippen molar-refractivity contribution in [1.29, 1.82) is 0 Å². The fourth-order valence-electron chi connectivity index (χ4n) is 1.96. The summed E-state index contributed by atoms with van der Waals surface area (Å²) in [4.78, 5) is 14.7. The standard InChI is InChI=1S/C17H13NO4/c19-17(20)15-11-22-16(18-15)13-7-4-8-14(9-13)21-10-12-5-2-1-3-6-12/h1-9,11H,10H2,(H,19,20). The van der Waals surface area contributed by atoms with Crippen LogP contribution in [-0.2, 0) is 6.61 Å². The van der Waals surface area contributed by atoms with Crippen LogP contribution in [0.15, 0.2) is 65.3 Å². The fourth-order valence-corrected chi connectivity index (χ4v) is 1.96. The molecule has 0 atom stereocenters. The van der Waals surface area contributed by atoms with Crippen LogP contribution in [-0.4, -0.2) is 16.1 Å². The fraction of sp³-hybridized carbons (Fsp3) is 0.0588. The van der Waals surface area contributed by atoms with Gasteiger partial charge >= 0.3 is 5.97 Å². The Labute approximate surface area is 126 Å². The van der Waals surface area contributed by atoms with Gasteiger partial charge in [-0.25, -0.2) is 9.78 Å². The molecule has 5 heteroatoms. The molecule has 1 heterocycles. The Morgan fingerprint density at radius 2 is 1.95 bits per heavy atom. The molecule has 0 bridgehead atoms. The van der Waals surface area contributed by atoms with Gasteiger partial charge in [-0.05, 0) is 23.8 Å². The highest BCUT2D eigenvalue weighted by molar-refractivity contribution is 5.85. The van der Waals surface area contributed by atoms with E-state index in [4.69, 9.17) is 14.3 Å². The SMILES string of the molecule is O=C(O)c1coc(-c2cccc(OCc3ccccc3)c2)n1. The summed E-state index contributed by atoms with van der Waals surface area (Å²) in [6.45, 7) is 0.455. The van der Waals surface area contributed by atoms with E-state index in [0.717, 1.165) is 11.8 Å². The van der Waals surface area contributed by atoms with Crippen molar-refractivity contribution in [2.75, 3.05) is 0 Å². The molecule has 0 saturated heterocycles. The van der Waals surface area contributed by atoms with Crippen LogP contribution in [0.4, 0.5) is 0 Å². The van der Waals surface area contributed by atoms with Crippen molar-refractivity contribution in [2.45, 2.75) is 6.61 Å². The lowest BCUT2D eigenvalue weighted by molar-refractivity contribution is 0.0690. The van der Waals surface area contributed by atoms with Gasteiger partial charge in [0.15, 0.2) is 5.69 Å². The first kappa shape index (κ1) is 13.9. The molecule has 0 unspecified atom stereocenters. The number of rotatable bonds is 5. The predicted molar refractivity (Wildman–Crippen MR) is 79.7 cm³/mol. The average molecular weight is 295 g/mol. The molecule has 0 spiro atoms. The summed E-state index contributed by atoms with van der Waals surface area (Å²) in [5, 5.41) is 8.86. The summed E-state index contributed by atoms with van der Waals surface area (Å²) >= 11 is 0. The zero-order valence-corrected chi connectivity index (χ0v) is 11.6. The lowest BCUT2D eigenvalue weighted by Gasteiger charge is -2.07. The molecular weight excluding hydrogens is 282 g/mol. The van der Waals surface area contributed by atoms with Gasteiger partial charge in [0.1, 0.15) is 18.6 Å². The van der Waals surface area contributed by atoms with Gasteiger partial charge in [0, 0.05) is 5.56 Å². The first-order valence-corrected chi connectivity index (χ1v) is 6.68. The predicted octanol–water partition coefficient (Wildman–Crippen LogP) is 3.62. The quantitative estimate of drug-likeness (QED) is 0.778. The highest BCUT2D eigenvalue weighted by atomic mass is 16.5. The summed E-state index contributed by atoms with van der Waals surface area (Å²) < 4.78 is 10.9. The topological polar surface area (TPSA) is 72.6 Å². The van der Waals surface area contributed by atoms with E-state index in [9.17, 15) is 4.79 Å². The van der Waals surface area contributed by atoms with Crippen LogP contribution in [0.5, 0.6) is 5.75 Å². The Kier molecular flexibility index (Phi) is 3.87. The summed E-state index contributed by atoms with van der Waals surface area (Å²) in [5.41, 5.74) is 1.61. The number of aromatic nitrogens is 1. The molecule has 1 N–H and O–H groups in total. The Morgan fingerprint density at radius 3 is 2.68 bits per heavy atom. The van der Waals surface area contributed by atoms with Gasteiger partial charge in [0.05, 0.1) is 0 Å². The summed E-state index contributed by atoms with van der Waals surface area (Å²) in [5.74, 6) is -0.203. The number of ether oxygens (including phenoxy) is 1. The number of nitrogens with zero attached hydrogens (tertiary/aromatic N) is 1. The number of hydrogen-bond donors (Lipinski definition) is 1. The third-order valence-corrected chi connectivity index (χ3v) is 3.05. The first-order chi connectivity index (χ1) is 10.7. The first-order valence-electron chi connectivity index (χ1n) is 6.68. The van der Waals surface area contributed by atoms with E-state index in [-0.39, 0.29) is 11.6 Å². The molecule has 22 heavy (non-hydrogen) atoms. The van der Waals surface area contributed by atoms with Gasteiger partial charge in [-0.15, -0.1) is 0 Å². The summed E-state index contributed by atoms with van der Waals surface area (Å²) in [6, 6.07) is 17.0. The summed E-state index contributed by atoms with van der Waals surface area (Å²) in [6.07, 6.45) is 1.12. The van der Waals surface area contributed by atoms with Crippen LogP contribution in [0.3, 0.4) is 0 Å². The van der Waals surface area contributed by atoms with Crippen molar-refractivity contribution in [1.82, 2.24) is 4.98 Å². The van der Waals surface area contributed by atoms with Crippen LogP contribution in [0, 0.1) is 0 Å². The number of benzene rings is 2. The number of oxazole rings is 1. The van der Waals surface area contributed by atoms with Crippen molar-refractivity contribution in [3.63, 3.8) is 0 Å². The molecule has 110 valence electrons. The number of carboxylic acids is 1. The lowest BCUT2D eigenvalue weighted by Crippen LogP contribution is -1.96. The number of hydrogen-bond acceptors (Lipinski definition) is 4. The molecule has 0 amide bonds. The van der Waals surface area contributed by atoms with E-state index in [0.29, 0.717) is 17.9 Å². The van der Waals surface area contributed by atoms with Crippen LogP contribution >= 0.6 is 0 Å². The van der Waals surface area contributed by atoms with Gasteiger partial charge in [0.2, 0.25) is 5.89 Å². The molecule has 0 aliphatic heterocycles. The average Bonchev–Trinajstić information content (AvgIpc) is 3.05. The zero-order valence-electron chi connectivity index (χ0n) is 11.6. The summed E-state index contributed by atoms with van der Waals surface area (Å²) in [7, 11) is 0. The van der Waals surface area contributed by atoms with Crippen molar-refractivity contribution < 1.29 is 19.1 Å². The molecule has 0 radical (unpaired) electrons. The lowest BCUT2D eigenvalue weighted by atomic mass is 10.2. The van der Waals surface area contributed by atoms with Gasteiger partial charge in [0.25, 0.3) is 0 Å². The highest BCUT2D eigenvalue weighted by Crippen LogP contribution is 2.24. The zero-order chi connectivity index (χ0) is 15.4. The van der Waals surface area contributed by atoms with Crippen molar-refractivity contribution >= 4 is 5.97 Å². The van der Waals surface area contributed by atoms with Gasteiger partial charge in [-0.1, -0.05) is 36.4 Å². The van der Waals surface area contributed by atoms with Crippen molar-refractivity contribution in [3.05, 3.63) is 72.1 Å². The largest absolute Gasteiger partial charge is 0.489 e. The van der Waals surface area contributed by atoms with Gasteiger partial charge in [-0.3, -0.25) is 0 Å². The second-order valence-corrected chi connectivity index (χ2v) is 4.65. The molecule has 5 nitrogen and oxygen atoms in total. The molecule has 0 fully saturated rings. The van der Waals surface area contributed by atoms with Crippen LogP contribution in [0.1, 0.15) is 16.1 Å². The minimum absolute atomic E-state index is 0.120. The molecule has 0 saturated carbocycles. The van der Waals surface area contributed by atoms with Crippen LogP contribution in [0.25, 0.3) is 11.5 Å². The monoisotopic (exact) mass is 295 g/mol. The minimum atomic E-state index is -1.12. The van der Waals surface area contributed by atoms with E-state index in [1.807, 2.05) is 36.4 Å². The Balaban J connectivity index is 1.75. The number of carboxylic acid groups (broad SMARTS) is 1. The minimum Gasteiger partial charge on any atom is -0.489 e. The Bertz CT molecular complexity index is 780. The van der Waals surface area contributed by atoms with E-state index in [1.54, 1.807) is 18.2 Å². The van der Waals surface area contributed by atoms with Crippen LogP contribution < -0.4 is 4.74 Å². The maximum absolute atomic E-state index is 10.8. The van der Waals surface area contributed by atoms with Gasteiger partial charge in [-0.2, -0.15) is 0 Å². The third-order valence-electron chi connectivity index (χ3n) is 3.05. The molecule has 0 aliphatic carbocycles. The van der Waals surface area contributed by atoms with Crippen molar-refractivity contribution in [3.8, 4) is 17.2 Å². The second kappa shape index (κ2) is 6.13. The highest BCUT2D eigenvalue weighted by Gasteiger charge is 2.12. The molecular formula is C17H13NO4. The second-order valence-electron chi connectivity index (χ2n) is 4.65. The van der Waals surface area contributed by atoms with E-state index >= 15 is 0 Å². The van der Waals surface area contributed by atoms with E-state index in [1.165, 1.54) is 0 Å². The van der Waals surface area contributed by atoms with E-state index in [2.05, 4.69) is 4.98 Å². The number of carbonyl (C=O) groups is 1. The number of aromatic carboxylic acids is 1. The van der Waals surface area contributed by atoms with Crippen molar-refractivity contribution in [2.24, 2.45) is 0 Å². The normalized spacial score (nSPS) is 10.4. The molecule has 3 rings (SSSR count). The molecule has 1 aromatic heterocycles. The molecule has 0 aliphatic rings. The Hall–Kier alpha value is -3.08.